The number of rotatable bonds is 3. The van der Waals surface area contributed by atoms with Gasteiger partial charge in [-0.2, -0.15) is 0 Å². The fourth-order valence-electron chi connectivity index (χ4n) is 2.34. The molecule has 0 aliphatic rings. The van der Waals surface area contributed by atoms with E-state index in [0.717, 1.165) is 11.0 Å². The lowest BCUT2D eigenvalue weighted by Crippen LogP contribution is -2.27. The molecule has 0 radical (unpaired) electrons. The summed E-state index contributed by atoms with van der Waals surface area (Å²) in [7, 11) is 0. The lowest BCUT2D eigenvalue weighted by molar-refractivity contribution is 0.566. The van der Waals surface area contributed by atoms with E-state index < -0.39 is 6.04 Å². The predicted molar refractivity (Wildman–Crippen MR) is 79.3 cm³/mol. The highest BCUT2D eigenvalue weighted by Gasteiger charge is 2.11. The van der Waals surface area contributed by atoms with Crippen LogP contribution < -0.4 is 11.3 Å². The van der Waals surface area contributed by atoms with Crippen molar-refractivity contribution in [3.05, 3.63) is 76.5 Å². The molecule has 1 aromatic heterocycles. The second-order valence-corrected chi connectivity index (χ2v) is 4.86. The molecule has 0 saturated carbocycles. The summed E-state index contributed by atoms with van der Waals surface area (Å²) in [4.78, 5) is 16.1. The first-order valence-electron chi connectivity index (χ1n) is 6.61. The summed E-state index contributed by atoms with van der Waals surface area (Å²) in [5.74, 6) is -0.338. The first-order chi connectivity index (χ1) is 10.1. The number of hydrogen-bond acceptors (Lipinski definition) is 3. The van der Waals surface area contributed by atoms with Crippen molar-refractivity contribution in [1.29, 1.82) is 0 Å². The molecule has 0 saturated heterocycles. The minimum absolute atomic E-state index is 0.222. The van der Waals surface area contributed by atoms with Crippen molar-refractivity contribution in [3.63, 3.8) is 0 Å². The average molecular weight is 283 g/mol. The molecule has 0 spiro atoms. The van der Waals surface area contributed by atoms with Crippen LogP contribution in [0.3, 0.4) is 0 Å². The van der Waals surface area contributed by atoms with E-state index in [9.17, 15) is 9.18 Å². The fourth-order valence-corrected chi connectivity index (χ4v) is 2.34. The molecule has 0 aliphatic carbocycles. The number of halogens is 1. The van der Waals surface area contributed by atoms with Crippen molar-refractivity contribution in [3.8, 4) is 0 Å². The molecule has 4 nitrogen and oxygen atoms in total. The standard InChI is InChI=1S/C16H14FN3O/c17-12-5-3-4-11(8-12)13(18)10-20-15-7-2-1-6-14(15)19-9-16(20)21/h1-9,13H,10,18H2. The predicted octanol–water partition coefficient (Wildman–Crippen LogP) is 2.24. The van der Waals surface area contributed by atoms with E-state index in [4.69, 9.17) is 5.73 Å². The normalized spacial score (nSPS) is 12.5. The molecule has 2 aromatic carbocycles. The van der Waals surface area contributed by atoms with Crippen LogP contribution in [-0.4, -0.2) is 9.55 Å². The van der Waals surface area contributed by atoms with Crippen molar-refractivity contribution >= 4 is 11.0 Å². The molecule has 2 N–H and O–H groups in total. The fraction of sp³-hybridized carbons (Fsp3) is 0.125. The molecule has 0 aliphatic heterocycles. The zero-order chi connectivity index (χ0) is 14.8. The second-order valence-electron chi connectivity index (χ2n) is 4.86. The summed E-state index contributed by atoms with van der Waals surface area (Å²) in [5, 5.41) is 0. The Kier molecular flexibility index (Phi) is 3.50. The highest BCUT2D eigenvalue weighted by Crippen LogP contribution is 2.16. The van der Waals surface area contributed by atoms with Crippen LogP contribution in [0.25, 0.3) is 11.0 Å². The van der Waals surface area contributed by atoms with Gasteiger partial charge in [-0.1, -0.05) is 24.3 Å². The molecule has 3 rings (SSSR count). The highest BCUT2D eigenvalue weighted by molar-refractivity contribution is 5.74. The quantitative estimate of drug-likeness (QED) is 0.802. The SMILES string of the molecule is NC(Cn1c(=O)cnc2ccccc21)c1cccc(F)c1. The van der Waals surface area contributed by atoms with E-state index in [1.165, 1.54) is 18.3 Å². The molecule has 5 heteroatoms. The van der Waals surface area contributed by atoms with Crippen molar-refractivity contribution in [2.45, 2.75) is 12.6 Å². The number of nitrogens with zero attached hydrogens (tertiary/aromatic N) is 2. The van der Waals surface area contributed by atoms with E-state index >= 15 is 0 Å². The second kappa shape index (κ2) is 5.46. The molecule has 106 valence electrons. The Labute approximate surface area is 120 Å². The van der Waals surface area contributed by atoms with Gasteiger partial charge in [0.2, 0.25) is 0 Å². The Hall–Kier alpha value is -2.53. The van der Waals surface area contributed by atoms with E-state index in [-0.39, 0.29) is 17.9 Å². The number of hydrogen-bond donors (Lipinski definition) is 1. The minimum atomic E-state index is -0.468. The van der Waals surface area contributed by atoms with Crippen LogP contribution in [0.4, 0.5) is 4.39 Å². The van der Waals surface area contributed by atoms with E-state index in [1.54, 1.807) is 16.7 Å². The van der Waals surface area contributed by atoms with Gasteiger partial charge >= 0.3 is 0 Å². The van der Waals surface area contributed by atoms with E-state index in [0.29, 0.717) is 5.56 Å². The molecule has 0 bridgehead atoms. The summed E-state index contributed by atoms with van der Waals surface area (Å²) < 4.78 is 14.8. The van der Waals surface area contributed by atoms with Crippen LogP contribution in [0.5, 0.6) is 0 Å². The highest BCUT2D eigenvalue weighted by atomic mass is 19.1. The molecule has 1 heterocycles. The average Bonchev–Trinajstić information content (AvgIpc) is 2.50. The van der Waals surface area contributed by atoms with Gasteiger partial charge in [0.15, 0.2) is 0 Å². The first-order valence-corrected chi connectivity index (χ1v) is 6.61. The van der Waals surface area contributed by atoms with Gasteiger partial charge in [0.05, 0.1) is 17.2 Å². The lowest BCUT2D eigenvalue weighted by atomic mass is 10.1. The lowest BCUT2D eigenvalue weighted by Gasteiger charge is -2.15. The summed E-state index contributed by atoms with van der Waals surface area (Å²) in [6.45, 7) is 0.269. The van der Waals surface area contributed by atoms with E-state index in [1.807, 2.05) is 24.3 Å². The van der Waals surface area contributed by atoms with Crippen LogP contribution in [0, 0.1) is 5.82 Å². The molecule has 3 aromatic rings. The summed E-state index contributed by atoms with van der Waals surface area (Å²) in [5.41, 5.74) is 7.99. The van der Waals surface area contributed by atoms with Crippen LogP contribution >= 0.6 is 0 Å². The zero-order valence-corrected chi connectivity index (χ0v) is 11.2. The number of nitrogens with two attached hydrogens (primary N) is 1. The van der Waals surface area contributed by atoms with Gasteiger partial charge in [-0.25, -0.2) is 9.37 Å². The molecule has 1 atom stereocenters. The van der Waals surface area contributed by atoms with Crippen molar-refractivity contribution in [1.82, 2.24) is 9.55 Å². The third-order valence-corrected chi connectivity index (χ3v) is 3.41. The molecule has 0 fully saturated rings. The van der Waals surface area contributed by atoms with Crippen molar-refractivity contribution in [2.75, 3.05) is 0 Å². The van der Waals surface area contributed by atoms with Crippen molar-refractivity contribution < 1.29 is 4.39 Å². The Morgan fingerprint density at radius 2 is 2.00 bits per heavy atom. The van der Waals surface area contributed by atoms with Crippen LogP contribution in [0.15, 0.2) is 59.5 Å². The van der Waals surface area contributed by atoms with Crippen LogP contribution in [0.1, 0.15) is 11.6 Å². The minimum Gasteiger partial charge on any atom is -0.322 e. The van der Waals surface area contributed by atoms with Gasteiger partial charge in [0, 0.05) is 12.6 Å². The maximum Gasteiger partial charge on any atom is 0.269 e. The zero-order valence-electron chi connectivity index (χ0n) is 11.2. The van der Waals surface area contributed by atoms with Gasteiger partial charge in [-0.15, -0.1) is 0 Å². The number of fused-ring (bicyclic) bond motifs is 1. The van der Waals surface area contributed by atoms with Gasteiger partial charge in [0.25, 0.3) is 5.56 Å². The van der Waals surface area contributed by atoms with Gasteiger partial charge in [0.1, 0.15) is 5.82 Å². The maximum absolute atomic E-state index is 13.3. The smallest absolute Gasteiger partial charge is 0.269 e. The first kappa shape index (κ1) is 13.5. The number of benzene rings is 2. The summed E-state index contributed by atoms with van der Waals surface area (Å²) in [6, 6.07) is 13.0. The van der Waals surface area contributed by atoms with Gasteiger partial charge < -0.3 is 10.3 Å². The third kappa shape index (κ3) is 2.68. The largest absolute Gasteiger partial charge is 0.322 e. The Balaban J connectivity index is 2.02. The van der Waals surface area contributed by atoms with Crippen molar-refractivity contribution in [2.24, 2.45) is 5.73 Å². The Morgan fingerprint density at radius 3 is 2.81 bits per heavy atom. The molecule has 21 heavy (non-hydrogen) atoms. The van der Waals surface area contributed by atoms with Gasteiger partial charge in [-0.05, 0) is 29.8 Å². The topological polar surface area (TPSA) is 60.9 Å². The number of para-hydroxylation sites is 2. The summed E-state index contributed by atoms with van der Waals surface area (Å²) >= 11 is 0. The maximum atomic E-state index is 13.3. The number of aromatic nitrogens is 2. The molecular weight excluding hydrogens is 269 g/mol. The van der Waals surface area contributed by atoms with Crippen LogP contribution in [-0.2, 0) is 6.54 Å². The Bertz CT molecular complexity index is 844. The molecule has 1 unspecified atom stereocenters. The van der Waals surface area contributed by atoms with E-state index in [2.05, 4.69) is 4.98 Å². The molecular formula is C16H14FN3O. The van der Waals surface area contributed by atoms with Crippen LogP contribution in [0.2, 0.25) is 0 Å². The third-order valence-electron chi connectivity index (χ3n) is 3.41. The summed E-state index contributed by atoms with van der Waals surface area (Å²) in [6.07, 6.45) is 1.28. The molecule has 0 amide bonds. The Morgan fingerprint density at radius 1 is 1.19 bits per heavy atom. The monoisotopic (exact) mass is 283 g/mol. The van der Waals surface area contributed by atoms with Gasteiger partial charge in [-0.3, -0.25) is 4.79 Å².